The van der Waals surface area contributed by atoms with Gasteiger partial charge in [0.1, 0.15) is 0 Å². The lowest BCUT2D eigenvalue weighted by molar-refractivity contribution is 0.0692. The molecule has 8 nitrogen and oxygen atoms in total. The van der Waals surface area contributed by atoms with E-state index in [9.17, 15) is 22.8 Å². The summed E-state index contributed by atoms with van der Waals surface area (Å²) in [4.78, 5) is 37.8. The zero-order valence-corrected chi connectivity index (χ0v) is 17.2. The van der Waals surface area contributed by atoms with E-state index in [1.54, 1.807) is 0 Å². The molecule has 4 rings (SSSR count). The summed E-state index contributed by atoms with van der Waals surface area (Å²) in [5.41, 5.74) is 1.01. The molecule has 0 bridgehead atoms. The normalized spacial score (nSPS) is 16.8. The molecule has 0 saturated heterocycles. The number of nitrogens with zero attached hydrogens (tertiary/aromatic N) is 1. The summed E-state index contributed by atoms with van der Waals surface area (Å²) in [6.45, 7) is 0. The number of imide groups is 1. The lowest BCUT2D eigenvalue weighted by Gasteiger charge is -2.13. The van der Waals surface area contributed by atoms with Gasteiger partial charge in [0.05, 0.1) is 16.0 Å². The van der Waals surface area contributed by atoms with Gasteiger partial charge in [0.15, 0.2) is 0 Å². The summed E-state index contributed by atoms with van der Waals surface area (Å²) in [7, 11) is -2.32. The van der Waals surface area contributed by atoms with Gasteiger partial charge in [-0.15, -0.1) is 0 Å². The van der Waals surface area contributed by atoms with E-state index in [4.69, 9.17) is 0 Å². The zero-order valence-electron chi connectivity index (χ0n) is 16.3. The minimum atomic E-state index is -3.72. The number of rotatable bonds is 5. The first-order valence-electron chi connectivity index (χ1n) is 9.66. The number of fused-ring (bicyclic) bond motifs is 1. The van der Waals surface area contributed by atoms with E-state index in [-0.39, 0.29) is 33.5 Å². The fourth-order valence-electron chi connectivity index (χ4n) is 3.78. The van der Waals surface area contributed by atoms with Crippen LogP contribution in [0.4, 0.5) is 5.69 Å². The van der Waals surface area contributed by atoms with E-state index < -0.39 is 21.8 Å². The third kappa shape index (κ3) is 3.73. The first-order chi connectivity index (χ1) is 14.3. The fourth-order valence-corrected chi connectivity index (χ4v) is 5.13. The molecule has 1 heterocycles. The standard InChI is InChI=1S/C21H21N3O5S/c1-24-20(26)17-10-9-15(12-18(17)21(24)27)22-19(25)13-5-4-8-16(11-13)30(28,29)23-14-6-2-3-7-14/h4-5,8-12,14,23H,2-3,6-7H2,1H3,(H,22,25). The molecule has 0 unspecified atom stereocenters. The van der Waals surface area contributed by atoms with Gasteiger partial charge in [0.25, 0.3) is 17.7 Å². The average molecular weight is 427 g/mol. The van der Waals surface area contributed by atoms with Gasteiger partial charge in [-0.1, -0.05) is 18.9 Å². The summed E-state index contributed by atoms with van der Waals surface area (Å²) < 4.78 is 28.0. The van der Waals surface area contributed by atoms with Crippen molar-refractivity contribution in [3.63, 3.8) is 0 Å². The second-order valence-corrected chi connectivity index (χ2v) is 9.23. The third-order valence-corrected chi connectivity index (χ3v) is 6.95. The molecule has 1 aliphatic carbocycles. The van der Waals surface area contributed by atoms with Gasteiger partial charge < -0.3 is 5.32 Å². The Morgan fingerprint density at radius 2 is 1.70 bits per heavy atom. The van der Waals surface area contributed by atoms with Crippen molar-refractivity contribution in [3.05, 3.63) is 59.2 Å². The van der Waals surface area contributed by atoms with Crippen molar-refractivity contribution in [3.8, 4) is 0 Å². The molecule has 0 spiro atoms. The number of nitrogens with one attached hydrogen (secondary N) is 2. The Morgan fingerprint density at radius 3 is 2.43 bits per heavy atom. The fraction of sp³-hybridized carbons (Fsp3) is 0.286. The maximum atomic E-state index is 12.7. The number of anilines is 1. The lowest BCUT2D eigenvalue weighted by atomic mass is 10.1. The Labute approximate surface area is 174 Å². The first-order valence-corrected chi connectivity index (χ1v) is 11.1. The van der Waals surface area contributed by atoms with Crippen LogP contribution in [0.25, 0.3) is 0 Å². The van der Waals surface area contributed by atoms with Crippen molar-refractivity contribution in [2.75, 3.05) is 12.4 Å². The maximum Gasteiger partial charge on any atom is 0.261 e. The van der Waals surface area contributed by atoms with Crippen LogP contribution in [0.3, 0.4) is 0 Å². The second-order valence-electron chi connectivity index (χ2n) is 7.51. The van der Waals surface area contributed by atoms with Gasteiger partial charge in [-0.25, -0.2) is 13.1 Å². The van der Waals surface area contributed by atoms with Crippen LogP contribution >= 0.6 is 0 Å². The van der Waals surface area contributed by atoms with Crippen LogP contribution in [0.1, 0.15) is 56.8 Å². The SMILES string of the molecule is CN1C(=O)c2ccc(NC(=O)c3cccc(S(=O)(=O)NC4CCCC4)c3)cc2C1=O. The van der Waals surface area contributed by atoms with Crippen molar-refractivity contribution in [2.45, 2.75) is 36.6 Å². The highest BCUT2D eigenvalue weighted by atomic mass is 32.2. The molecular formula is C21H21N3O5S. The molecule has 0 aromatic heterocycles. The molecule has 1 saturated carbocycles. The number of sulfonamides is 1. The molecule has 2 aliphatic rings. The highest BCUT2D eigenvalue weighted by Crippen LogP contribution is 2.25. The molecule has 2 aromatic rings. The largest absolute Gasteiger partial charge is 0.322 e. The molecule has 3 amide bonds. The molecule has 9 heteroatoms. The minimum absolute atomic E-state index is 0.0263. The van der Waals surface area contributed by atoms with Crippen LogP contribution < -0.4 is 10.0 Å². The van der Waals surface area contributed by atoms with Gasteiger partial charge in [-0.05, 0) is 49.2 Å². The van der Waals surface area contributed by atoms with Gasteiger partial charge in [0, 0.05) is 24.3 Å². The summed E-state index contributed by atoms with van der Waals surface area (Å²) in [5, 5.41) is 2.65. The van der Waals surface area contributed by atoms with Crippen LogP contribution in [0.5, 0.6) is 0 Å². The molecule has 2 N–H and O–H groups in total. The van der Waals surface area contributed by atoms with Crippen LogP contribution in [-0.4, -0.2) is 44.1 Å². The van der Waals surface area contributed by atoms with E-state index in [1.807, 2.05) is 0 Å². The lowest BCUT2D eigenvalue weighted by Crippen LogP contribution is -2.32. The topological polar surface area (TPSA) is 113 Å². The van der Waals surface area contributed by atoms with Crippen LogP contribution in [0, 0.1) is 0 Å². The van der Waals surface area contributed by atoms with E-state index in [0.717, 1.165) is 30.6 Å². The maximum absolute atomic E-state index is 12.7. The smallest absolute Gasteiger partial charge is 0.261 e. The van der Waals surface area contributed by atoms with Crippen LogP contribution in [-0.2, 0) is 10.0 Å². The highest BCUT2D eigenvalue weighted by Gasteiger charge is 2.32. The van der Waals surface area contributed by atoms with E-state index in [2.05, 4.69) is 10.0 Å². The Kier molecular flexibility index (Phi) is 5.17. The molecule has 156 valence electrons. The molecule has 0 radical (unpaired) electrons. The number of carbonyl (C=O) groups is 3. The van der Waals surface area contributed by atoms with E-state index in [1.165, 1.54) is 49.5 Å². The molecular weight excluding hydrogens is 406 g/mol. The van der Waals surface area contributed by atoms with Crippen LogP contribution in [0.2, 0.25) is 0 Å². The number of benzene rings is 2. The van der Waals surface area contributed by atoms with Gasteiger partial charge >= 0.3 is 0 Å². The van der Waals surface area contributed by atoms with Crippen molar-refractivity contribution in [2.24, 2.45) is 0 Å². The first kappa shape index (κ1) is 20.2. The molecule has 1 fully saturated rings. The van der Waals surface area contributed by atoms with Gasteiger partial charge in [-0.2, -0.15) is 0 Å². The van der Waals surface area contributed by atoms with Crippen molar-refractivity contribution in [1.29, 1.82) is 0 Å². The third-order valence-electron chi connectivity index (χ3n) is 5.43. The molecule has 0 atom stereocenters. The van der Waals surface area contributed by atoms with Crippen molar-refractivity contribution >= 4 is 33.4 Å². The van der Waals surface area contributed by atoms with Gasteiger partial charge in [-0.3, -0.25) is 19.3 Å². The van der Waals surface area contributed by atoms with Crippen molar-refractivity contribution < 1.29 is 22.8 Å². The highest BCUT2D eigenvalue weighted by molar-refractivity contribution is 7.89. The molecule has 2 aromatic carbocycles. The van der Waals surface area contributed by atoms with Crippen molar-refractivity contribution in [1.82, 2.24) is 9.62 Å². The van der Waals surface area contributed by atoms with Gasteiger partial charge in [0.2, 0.25) is 10.0 Å². The summed E-state index contributed by atoms with van der Waals surface area (Å²) >= 11 is 0. The predicted octanol–water partition coefficient (Wildman–Crippen LogP) is 2.39. The Balaban J connectivity index is 1.53. The summed E-state index contributed by atoms with van der Waals surface area (Å²) in [6.07, 6.45) is 3.63. The monoisotopic (exact) mass is 427 g/mol. The van der Waals surface area contributed by atoms with Crippen LogP contribution in [0.15, 0.2) is 47.4 Å². The quantitative estimate of drug-likeness (QED) is 0.712. The second kappa shape index (κ2) is 7.66. The summed E-state index contributed by atoms with van der Waals surface area (Å²) in [6, 6.07) is 10.2. The minimum Gasteiger partial charge on any atom is -0.322 e. The number of hydrogen-bond acceptors (Lipinski definition) is 5. The summed E-state index contributed by atoms with van der Waals surface area (Å²) in [5.74, 6) is -1.34. The Hall–Kier alpha value is -3.04. The Bertz CT molecular complexity index is 1150. The zero-order chi connectivity index (χ0) is 21.5. The number of amides is 3. The number of carbonyl (C=O) groups excluding carboxylic acids is 3. The van der Waals surface area contributed by atoms with E-state index in [0.29, 0.717) is 5.69 Å². The van der Waals surface area contributed by atoms with E-state index >= 15 is 0 Å². The average Bonchev–Trinajstić information content (AvgIpc) is 3.31. The molecule has 1 aliphatic heterocycles. The molecule has 30 heavy (non-hydrogen) atoms. The predicted molar refractivity (Wildman–Crippen MR) is 110 cm³/mol. The number of hydrogen-bond donors (Lipinski definition) is 2. The Morgan fingerprint density at radius 1 is 1.00 bits per heavy atom.